The van der Waals surface area contributed by atoms with Gasteiger partial charge < -0.3 is 4.48 Å². The second-order valence-corrected chi connectivity index (χ2v) is 12.4. The summed E-state index contributed by atoms with van der Waals surface area (Å²) in [5.41, 5.74) is 0.413. The average molecular weight is 499 g/mol. The zero-order valence-electron chi connectivity index (χ0n) is 23.3. The Kier molecular flexibility index (Phi) is 17.9. The Bertz CT molecular complexity index is 699. The first-order chi connectivity index (χ1) is 16.0. The highest BCUT2D eigenvalue weighted by Crippen LogP contribution is 2.24. The van der Waals surface area contributed by atoms with E-state index < -0.39 is 10.1 Å². The Balaban J connectivity index is 0.000000896. The van der Waals surface area contributed by atoms with Gasteiger partial charge in [-0.25, -0.2) is 0 Å². The minimum Gasteiger partial charge on any atom is -0.324 e. The zero-order chi connectivity index (χ0) is 25.9. The molecular weight excluding hydrogens is 442 g/mol. The van der Waals surface area contributed by atoms with Gasteiger partial charge in [-0.3, -0.25) is 4.55 Å². The summed E-state index contributed by atoms with van der Waals surface area (Å²) in [6.07, 6.45) is 21.6. The van der Waals surface area contributed by atoms with Gasteiger partial charge in [0.15, 0.2) is 0 Å². The molecule has 200 valence electrons. The van der Waals surface area contributed by atoms with E-state index in [1.165, 1.54) is 119 Å². The van der Waals surface area contributed by atoms with Gasteiger partial charge in [0.1, 0.15) is 0 Å². The van der Waals surface area contributed by atoms with Crippen LogP contribution in [0.15, 0.2) is 35.2 Å². The lowest BCUT2D eigenvalue weighted by Crippen LogP contribution is -2.56. The molecule has 0 saturated heterocycles. The monoisotopic (exact) mass is 498 g/mol. The normalized spacial score (nSPS) is 12.3. The van der Waals surface area contributed by atoms with E-state index in [9.17, 15) is 8.42 Å². The van der Waals surface area contributed by atoms with Crippen molar-refractivity contribution in [3.8, 4) is 0 Å². The molecular formula is C29H56NO3S+. The van der Waals surface area contributed by atoms with Gasteiger partial charge in [0, 0.05) is 0 Å². The average Bonchev–Trinajstić information content (AvgIpc) is 2.79. The molecule has 0 amide bonds. The van der Waals surface area contributed by atoms with Gasteiger partial charge in [-0.2, -0.15) is 8.42 Å². The van der Waals surface area contributed by atoms with Crippen LogP contribution in [0.5, 0.6) is 0 Å². The van der Waals surface area contributed by atoms with Crippen LogP contribution < -0.4 is 0 Å². The van der Waals surface area contributed by atoms with Crippen LogP contribution in [0.4, 0.5) is 0 Å². The van der Waals surface area contributed by atoms with E-state index >= 15 is 0 Å². The summed E-state index contributed by atoms with van der Waals surface area (Å²) in [6.45, 7) is 10.8. The number of quaternary nitrogens is 1. The van der Waals surface area contributed by atoms with E-state index in [1.54, 1.807) is 18.2 Å². The van der Waals surface area contributed by atoms with Crippen LogP contribution >= 0.6 is 0 Å². The van der Waals surface area contributed by atoms with Crippen molar-refractivity contribution in [3.63, 3.8) is 0 Å². The summed E-state index contributed by atoms with van der Waals surface area (Å²) >= 11 is 0. The lowest BCUT2D eigenvalue weighted by molar-refractivity contribution is -0.938. The fourth-order valence-electron chi connectivity index (χ4n) is 4.02. The molecule has 4 nitrogen and oxygen atoms in total. The van der Waals surface area contributed by atoms with Crippen LogP contribution in [-0.2, 0) is 10.1 Å². The third kappa shape index (κ3) is 15.9. The molecule has 0 aromatic heterocycles. The van der Waals surface area contributed by atoms with Gasteiger partial charge in [-0.05, 0) is 45.2 Å². The number of rotatable bonds is 18. The Morgan fingerprint density at radius 2 is 1.09 bits per heavy atom. The van der Waals surface area contributed by atoms with Gasteiger partial charge in [0.2, 0.25) is 0 Å². The highest BCUT2D eigenvalue weighted by atomic mass is 32.2. The molecule has 0 saturated carbocycles. The van der Waals surface area contributed by atoms with Gasteiger partial charge in [0.25, 0.3) is 10.1 Å². The molecule has 0 aliphatic carbocycles. The van der Waals surface area contributed by atoms with E-state index in [0.29, 0.717) is 5.54 Å². The van der Waals surface area contributed by atoms with E-state index in [4.69, 9.17) is 4.55 Å². The second kappa shape index (κ2) is 18.4. The fraction of sp³-hybridized carbons (Fsp3) is 0.793. The van der Waals surface area contributed by atoms with Crippen molar-refractivity contribution in [2.45, 2.75) is 134 Å². The molecule has 0 atom stereocenters. The third-order valence-corrected chi connectivity index (χ3v) is 8.48. The first-order valence-electron chi connectivity index (χ1n) is 13.8. The predicted molar refractivity (Wildman–Crippen MR) is 148 cm³/mol. The molecule has 34 heavy (non-hydrogen) atoms. The molecule has 1 aromatic rings. The van der Waals surface area contributed by atoms with Crippen LogP contribution in [0, 0.1) is 0 Å². The maximum absolute atomic E-state index is 10.4. The predicted octanol–water partition coefficient (Wildman–Crippen LogP) is 8.67. The lowest BCUT2D eigenvalue weighted by atomic mass is 9.96. The Hall–Kier alpha value is -0.910. The third-order valence-electron chi connectivity index (χ3n) is 7.62. The van der Waals surface area contributed by atoms with E-state index in [-0.39, 0.29) is 4.90 Å². The topological polar surface area (TPSA) is 54.4 Å². The summed E-state index contributed by atoms with van der Waals surface area (Å²) < 4.78 is 30.4. The Labute approximate surface area is 212 Å². The lowest BCUT2D eigenvalue weighted by Gasteiger charge is -2.44. The molecule has 1 N–H and O–H groups in total. The van der Waals surface area contributed by atoms with Crippen LogP contribution in [0.25, 0.3) is 0 Å². The number of unbranched alkanes of at least 4 members (excludes halogenated alkanes) is 13. The van der Waals surface area contributed by atoms with Crippen LogP contribution in [0.3, 0.4) is 0 Å². The maximum atomic E-state index is 10.4. The number of nitrogens with zero attached hydrogens (tertiary/aromatic N) is 1. The molecule has 1 rings (SSSR count). The van der Waals surface area contributed by atoms with Crippen molar-refractivity contribution in [2.24, 2.45) is 0 Å². The van der Waals surface area contributed by atoms with Gasteiger partial charge in [-0.15, -0.1) is 0 Å². The molecule has 0 aliphatic rings. The molecule has 5 heteroatoms. The van der Waals surface area contributed by atoms with Crippen molar-refractivity contribution in [1.29, 1.82) is 0 Å². The van der Waals surface area contributed by atoms with Crippen molar-refractivity contribution in [1.82, 2.24) is 0 Å². The molecule has 0 bridgehead atoms. The van der Waals surface area contributed by atoms with Crippen LogP contribution in [0.2, 0.25) is 0 Å². The standard InChI is InChI=1S/C23H50N.C6H6O3S/c1-7-9-10-11-12-13-14-15-16-17-18-19-20-21-22-24(5,6)23(3,4)8-2;7-10(8,9)6-4-2-1-3-5-6/h7-22H2,1-6H3;1-5H,(H,7,8,9)/q+1;. The van der Waals surface area contributed by atoms with Crippen LogP contribution in [-0.4, -0.2) is 43.6 Å². The van der Waals surface area contributed by atoms with E-state index in [1.807, 2.05) is 0 Å². The van der Waals surface area contributed by atoms with Gasteiger partial charge >= 0.3 is 0 Å². The first kappa shape index (κ1) is 33.1. The van der Waals surface area contributed by atoms with E-state index in [0.717, 1.165) is 0 Å². The molecule has 0 unspecified atom stereocenters. The maximum Gasteiger partial charge on any atom is 0.294 e. The fourth-order valence-corrected chi connectivity index (χ4v) is 4.53. The Morgan fingerprint density at radius 3 is 1.41 bits per heavy atom. The smallest absolute Gasteiger partial charge is 0.294 e. The number of hydrogen-bond donors (Lipinski definition) is 1. The summed E-state index contributed by atoms with van der Waals surface area (Å²) in [7, 11) is 0.814. The van der Waals surface area contributed by atoms with Crippen molar-refractivity contribution < 1.29 is 17.5 Å². The highest BCUT2D eigenvalue weighted by molar-refractivity contribution is 7.85. The number of benzene rings is 1. The van der Waals surface area contributed by atoms with Crippen molar-refractivity contribution in [3.05, 3.63) is 30.3 Å². The van der Waals surface area contributed by atoms with E-state index in [2.05, 4.69) is 41.8 Å². The summed E-state index contributed by atoms with van der Waals surface area (Å²) in [5, 5.41) is 0. The molecule has 0 spiro atoms. The molecule has 1 aromatic carbocycles. The highest BCUT2D eigenvalue weighted by Gasteiger charge is 2.33. The summed E-state index contributed by atoms with van der Waals surface area (Å²) in [5.74, 6) is 0. The van der Waals surface area contributed by atoms with Gasteiger partial charge in [-0.1, -0.05) is 109 Å². The number of hydrogen-bond acceptors (Lipinski definition) is 2. The molecule has 0 heterocycles. The van der Waals surface area contributed by atoms with Crippen molar-refractivity contribution >= 4 is 10.1 Å². The molecule has 0 fully saturated rings. The van der Waals surface area contributed by atoms with Crippen LogP contribution in [0.1, 0.15) is 124 Å². The van der Waals surface area contributed by atoms with Crippen molar-refractivity contribution in [2.75, 3.05) is 20.6 Å². The van der Waals surface area contributed by atoms with Gasteiger partial charge in [0.05, 0.1) is 31.1 Å². The largest absolute Gasteiger partial charge is 0.324 e. The Morgan fingerprint density at radius 1 is 0.706 bits per heavy atom. The zero-order valence-corrected chi connectivity index (χ0v) is 24.1. The molecule has 0 radical (unpaired) electrons. The SMILES string of the molecule is CCCCCCCCCCCCCCCC[N+](C)(C)C(C)(C)CC.O=S(=O)(O)c1ccccc1. The summed E-state index contributed by atoms with van der Waals surface area (Å²) in [6, 6.07) is 7.42. The first-order valence-corrected chi connectivity index (χ1v) is 15.3. The second-order valence-electron chi connectivity index (χ2n) is 11.0. The summed E-state index contributed by atoms with van der Waals surface area (Å²) in [4.78, 5) is -0.0741. The quantitative estimate of drug-likeness (QED) is 0.125. The minimum atomic E-state index is -4.00. The molecule has 0 aliphatic heterocycles. The minimum absolute atomic E-state index is 0.0741.